The third-order valence-electron chi connectivity index (χ3n) is 4.41. The largest absolute Gasteiger partial charge is 0.368 e. The molecule has 4 nitrogen and oxygen atoms in total. The third kappa shape index (κ3) is 4.29. The van der Waals surface area contributed by atoms with Gasteiger partial charge in [-0.3, -0.25) is 4.79 Å². The summed E-state index contributed by atoms with van der Waals surface area (Å²) in [5.41, 5.74) is 5.84. The zero-order valence-corrected chi connectivity index (χ0v) is 13.7. The molecular formula is C17H29N3O. The molecule has 0 aliphatic rings. The van der Waals surface area contributed by atoms with Crippen molar-refractivity contribution in [2.75, 3.05) is 20.6 Å². The van der Waals surface area contributed by atoms with Crippen LogP contribution in [0.2, 0.25) is 0 Å². The molecule has 0 heterocycles. The lowest BCUT2D eigenvalue weighted by molar-refractivity contribution is -0.125. The average Bonchev–Trinajstić information content (AvgIpc) is 2.49. The van der Waals surface area contributed by atoms with Crippen LogP contribution in [0.4, 0.5) is 0 Å². The number of carbonyl (C=O) groups is 1. The van der Waals surface area contributed by atoms with Crippen molar-refractivity contribution in [1.82, 2.24) is 10.2 Å². The molecule has 0 saturated heterocycles. The summed E-state index contributed by atoms with van der Waals surface area (Å²) in [4.78, 5) is 14.4. The quantitative estimate of drug-likeness (QED) is 0.732. The average molecular weight is 291 g/mol. The molecule has 2 atom stereocenters. The summed E-state index contributed by atoms with van der Waals surface area (Å²) >= 11 is 0. The molecule has 1 amide bonds. The van der Waals surface area contributed by atoms with Crippen LogP contribution in [-0.2, 0) is 10.3 Å². The Morgan fingerprint density at radius 3 is 2.48 bits per heavy atom. The van der Waals surface area contributed by atoms with E-state index >= 15 is 0 Å². The molecule has 0 fully saturated rings. The Labute approximate surface area is 128 Å². The van der Waals surface area contributed by atoms with Gasteiger partial charge in [-0.15, -0.1) is 0 Å². The number of likely N-dealkylation sites (N-methyl/N-ethyl adjacent to an activating group) is 1. The lowest BCUT2D eigenvalue weighted by Gasteiger charge is -2.34. The maximum atomic E-state index is 12.1. The van der Waals surface area contributed by atoms with Gasteiger partial charge in [0.05, 0.1) is 0 Å². The van der Waals surface area contributed by atoms with Gasteiger partial charge in [-0.05, 0) is 39.4 Å². The van der Waals surface area contributed by atoms with Gasteiger partial charge in [-0.2, -0.15) is 0 Å². The fraction of sp³-hybridized carbons (Fsp3) is 0.588. The molecule has 118 valence electrons. The fourth-order valence-corrected chi connectivity index (χ4v) is 2.73. The molecule has 0 aromatic heterocycles. The van der Waals surface area contributed by atoms with Gasteiger partial charge in [0.25, 0.3) is 0 Å². The molecule has 1 rings (SSSR count). The maximum Gasteiger partial charge on any atom is 0.242 e. The highest BCUT2D eigenvalue weighted by molar-refractivity contribution is 5.86. The van der Waals surface area contributed by atoms with Crippen LogP contribution in [0.1, 0.15) is 38.7 Å². The third-order valence-corrected chi connectivity index (χ3v) is 4.41. The molecule has 0 aliphatic carbocycles. The molecule has 0 aliphatic heterocycles. The molecule has 21 heavy (non-hydrogen) atoms. The second-order valence-electron chi connectivity index (χ2n) is 5.75. The van der Waals surface area contributed by atoms with Crippen molar-refractivity contribution >= 4 is 5.91 Å². The molecule has 4 heteroatoms. The smallest absolute Gasteiger partial charge is 0.242 e. The van der Waals surface area contributed by atoms with Crippen LogP contribution < -0.4 is 11.1 Å². The van der Waals surface area contributed by atoms with E-state index in [4.69, 9.17) is 5.73 Å². The van der Waals surface area contributed by atoms with Crippen LogP contribution in [0.25, 0.3) is 0 Å². The Balaban J connectivity index is 2.88. The minimum absolute atomic E-state index is 0.326. The number of amides is 1. The van der Waals surface area contributed by atoms with E-state index in [0.29, 0.717) is 12.5 Å². The summed E-state index contributed by atoms with van der Waals surface area (Å²) in [5.74, 6) is -0.326. The van der Waals surface area contributed by atoms with Crippen LogP contribution in [0.3, 0.4) is 0 Å². The minimum atomic E-state index is -0.804. The monoisotopic (exact) mass is 291 g/mol. The van der Waals surface area contributed by atoms with Crippen LogP contribution in [-0.4, -0.2) is 37.5 Å². The van der Waals surface area contributed by atoms with E-state index in [1.807, 2.05) is 30.3 Å². The lowest BCUT2D eigenvalue weighted by Crippen LogP contribution is -2.53. The molecule has 2 unspecified atom stereocenters. The van der Waals surface area contributed by atoms with E-state index in [-0.39, 0.29) is 5.91 Å². The number of benzene rings is 1. The van der Waals surface area contributed by atoms with Crippen LogP contribution in [0.15, 0.2) is 30.3 Å². The zero-order valence-electron chi connectivity index (χ0n) is 13.7. The Morgan fingerprint density at radius 2 is 2.00 bits per heavy atom. The highest BCUT2D eigenvalue weighted by atomic mass is 16.1. The van der Waals surface area contributed by atoms with Crippen molar-refractivity contribution in [1.29, 1.82) is 0 Å². The first kappa shape index (κ1) is 17.7. The van der Waals surface area contributed by atoms with Gasteiger partial charge >= 0.3 is 0 Å². The molecule has 1 aromatic carbocycles. The van der Waals surface area contributed by atoms with E-state index in [9.17, 15) is 4.79 Å². The summed E-state index contributed by atoms with van der Waals surface area (Å²) in [6.45, 7) is 5.23. The second kappa shape index (κ2) is 8.15. The van der Waals surface area contributed by atoms with Gasteiger partial charge in [0.1, 0.15) is 5.54 Å². The summed E-state index contributed by atoms with van der Waals surface area (Å²) in [6, 6.07) is 10.2. The number of carbonyl (C=O) groups excluding carboxylic acids is 1. The molecule has 0 radical (unpaired) electrons. The first-order valence-corrected chi connectivity index (χ1v) is 7.72. The van der Waals surface area contributed by atoms with Gasteiger partial charge in [-0.25, -0.2) is 0 Å². The maximum absolute atomic E-state index is 12.1. The van der Waals surface area contributed by atoms with E-state index in [2.05, 4.69) is 31.1 Å². The number of primary amides is 1. The molecule has 0 spiro atoms. The number of nitrogens with two attached hydrogens (primary N) is 1. The lowest BCUT2D eigenvalue weighted by atomic mass is 9.85. The summed E-state index contributed by atoms with van der Waals surface area (Å²) in [5, 5.41) is 3.16. The van der Waals surface area contributed by atoms with E-state index in [0.717, 1.165) is 24.9 Å². The first-order valence-electron chi connectivity index (χ1n) is 7.72. The Morgan fingerprint density at radius 1 is 1.38 bits per heavy atom. The van der Waals surface area contributed by atoms with Crippen LogP contribution in [0.5, 0.6) is 0 Å². The van der Waals surface area contributed by atoms with E-state index in [1.165, 1.54) is 0 Å². The molecule has 3 N–H and O–H groups in total. The number of hydrogen-bond acceptors (Lipinski definition) is 3. The highest BCUT2D eigenvalue weighted by Gasteiger charge is 2.36. The molecule has 1 aromatic rings. The highest BCUT2D eigenvalue weighted by Crippen LogP contribution is 2.25. The van der Waals surface area contributed by atoms with E-state index in [1.54, 1.807) is 7.05 Å². The van der Waals surface area contributed by atoms with Crippen molar-refractivity contribution in [3.05, 3.63) is 35.9 Å². The number of nitrogens with one attached hydrogen (secondary N) is 1. The number of rotatable bonds is 9. The fourth-order valence-electron chi connectivity index (χ4n) is 2.73. The van der Waals surface area contributed by atoms with Crippen molar-refractivity contribution in [3.8, 4) is 0 Å². The van der Waals surface area contributed by atoms with Gasteiger partial charge in [0, 0.05) is 12.6 Å². The topological polar surface area (TPSA) is 58.4 Å². The standard InChI is InChI=1S/C17H29N3O/c1-5-9-14(2)20(4)13-12-17(19-3,16(18)21)15-10-7-6-8-11-15/h6-8,10-11,14,19H,5,9,12-13H2,1-4H3,(H2,18,21). The number of hydrogen-bond donors (Lipinski definition) is 2. The minimum Gasteiger partial charge on any atom is -0.368 e. The predicted octanol–water partition coefficient (Wildman–Crippen LogP) is 2.10. The Kier molecular flexibility index (Phi) is 6.85. The zero-order chi connectivity index (χ0) is 15.9. The molecule has 0 bridgehead atoms. The van der Waals surface area contributed by atoms with Gasteiger partial charge in [0.15, 0.2) is 0 Å². The number of nitrogens with zero attached hydrogens (tertiary/aromatic N) is 1. The first-order chi connectivity index (χ1) is 9.97. The van der Waals surface area contributed by atoms with Gasteiger partial charge < -0.3 is 16.0 Å². The molecular weight excluding hydrogens is 262 g/mol. The summed E-state index contributed by atoms with van der Waals surface area (Å²) in [6.07, 6.45) is 2.98. The summed E-state index contributed by atoms with van der Waals surface area (Å²) in [7, 11) is 3.90. The SMILES string of the molecule is CCCC(C)N(C)CCC(NC)(C(N)=O)c1ccccc1. The second-order valence-corrected chi connectivity index (χ2v) is 5.75. The van der Waals surface area contributed by atoms with Gasteiger partial charge in [-0.1, -0.05) is 43.7 Å². The van der Waals surface area contributed by atoms with Crippen molar-refractivity contribution in [3.63, 3.8) is 0 Å². The van der Waals surface area contributed by atoms with Crippen LogP contribution in [0, 0.1) is 0 Å². The molecule has 0 saturated carbocycles. The van der Waals surface area contributed by atoms with E-state index < -0.39 is 5.54 Å². The normalized spacial score (nSPS) is 15.7. The van der Waals surface area contributed by atoms with Crippen molar-refractivity contribution < 1.29 is 4.79 Å². The Bertz CT molecular complexity index is 435. The van der Waals surface area contributed by atoms with Crippen molar-refractivity contribution in [2.45, 2.75) is 44.7 Å². The van der Waals surface area contributed by atoms with Crippen molar-refractivity contribution in [2.24, 2.45) is 5.73 Å². The predicted molar refractivity (Wildman–Crippen MR) is 88.0 cm³/mol. The van der Waals surface area contributed by atoms with Gasteiger partial charge in [0.2, 0.25) is 5.91 Å². The summed E-state index contributed by atoms with van der Waals surface area (Å²) < 4.78 is 0. The van der Waals surface area contributed by atoms with Crippen LogP contribution >= 0.6 is 0 Å². The Hall–Kier alpha value is -1.39.